The van der Waals surface area contributed by atoms with Gasteiger partial charge < -0.3 is 10.5 Å². The highest BCUT2D eigenvalue weighted by molar-refractivity contribution is 8.93. The van der Waals surface area contributed by atoms with Gasteiger partial charge in [-0.2, -0.15) is 0 Å². The number of aliphatic imine (C=N–C) groups is 1. The average Bonchev–Trinajstić information content (AvgIpc) is 2.19. The molecule has 0 aromatic carbocycles. The van der Waals surface area contributed by atoms with E-state index in [1.807, 2.05) is 0 Å². The van der Waals surface area contributed by atoms with Gasteiger partial charge in [-0.15, -0.1) is 34.0 Å². The first-order chi connectivity index (χ1) is 6.33. The van der Waals surface area contributed by atoms with Crippen LogP contribution in [0.1, 0.15) is 0 Å². The molecule has 0 spiro atoms. The van der Waals surface area contributed by atoms with Gasteiger partial charge in [-0.1, -0.05) is 0 Å². The molecule has 0 amide bonds. The van der Waals surface area contributed by atoms with E-state index < -0.39 is 0 Å². The van der Waals surface area contributed by atoms with Crippen LogP contribution in [0.5, 0.6) is 0 Å². The molecular formula is C7H19Br2N5O. The molecule has 1 rings (SSSR count). The van der Waals surface area contributed by atoms with Crippen molar-refractivity contribution in [2.75, 3.05) is 39.4 Å². The topological polar surface area (TPSA) is 88.9 Å². The van der Waals surface area contributed by atoms with E-state index in [2.05, 4.69) is 15.3 Å². The highest BCUT2D eigenvalue weighted by Crippen LogP contribution is 1.95. The third-order valence-corrected chi connectivity index (χ3v) is 1.95. The Kier molecular flexibility index (Phi) is 12.4. The van der Waals surface area contributed by atoms with Gasteiger partial charge >= 0.3 is 0 Å². The van der Waals surface area contributed by atoms with E-state index in [9.17, 15) is 0 Å². The second kappa shape index (κ2) is 10.6. The van der Waals surface area contributed by atoms with Crippen molar-refractivity contribution in [1.82, 2.24) is 10.3 Å². The monoisotopic (exact) mass is 347 g/mol. The van der Waals surface area contributed by atoms with Crippen LogP contribution in [-0.4, -0.2) is 50.3 Å². The van der Waals surface area contributed by atoms with Gasteiger partial charge in [-0.05, 0) is 0 Å². The predicted molar refractivity (Wildman–Crippen MR) is 71.7 cm³/mol. The minimum absolute atomic E-state index is 0. The molecule has 0 saturated carbocycles. The molecule has 1 aliphatic heterocycles. The molecule has 8 heteroatoms. The first-order valence-corrected chi connectivity index (χ1v) is 4.39. The highest BCUT2D eigenvalue weighted by Gasteiger charge is 2.08. The number of hydrogen-bond acceptors (Lipinski definition) is 4. The normalized spacial score (nSPS) is 17.5. The fourth-order valence-electron chi connectivity index (χ4n) is 1.18. The van der Waals surface area contributed by atoms with Gasteiger partial charge in [-0.25, -0.2) is 5.84 Å². The molecule has 0 aromatic rings. The van der Waals surface area contributed by atoms with Crippen molar-refractivity contribution >= 4 is 39.9 Å². The number of hydrogen-bond donors (Lipinski definition) is 3. The zero-order valence-corrected chi connectivity index (χ0v) is 11.9. The molecule has 92 valence electrons. The summed E-state index contributed by atoms with van der Waals surface area (Å²) in [5, 5.41) is 0. The summed E-state index contributed by atoms with van der Waals surface area (Å²) >= 11 is 0. The van der Waals surface area contributed by atoms with Gasteiger partial charge in [0.15, 0.2) is 0 Å². The Labute approximate surface area is 111 Å². The summed E-state index contributed by atoms with van der Waals surface area (Å²) in [4.78, 5) is 6.30. The van der Waals surface area contributed by atoms with Gasteiger partial charge in [0, 0.05) is 19.6 Å². The maximum absolute atomic E-state index is 5.36. The van der Waals surface area contributed by atoms with Crippen molar-refractivity contribution in [2.24, 2.45) is 16.6 Å². The Morgan fingerprint density at radius 2 is 1.93 bits per heavy atom. The minimum Gasteiger partial charge on any atom is -0.379 e. The Hall–Kier alpha value is 0.110. The lowest BCUT2D eigenvalue weighted by atomic mass is 10.4. The number of halogens is 2. The quantitative estimate of drug-likeness (QED) is 0.270. The van der Waals surface area contributed by atoms with E-state index in [0.29, 0.717) is 6.54 Å². The maximum atomic E-state index is 5.36. The number of nitrogens with zero attached hydrogens (tertiary/aromatic N) is 2. The molecule has 0 radical (unpaired) electrons. The molecule has 1 heterocycles. The molecule has 1 aliphatic rings. The van der Waals surface area contributed by atoms with Crippen LogP contribution < -0.4 is 17.0 Å². The maximum Gasteiger partial charge on any atom is 0.203 e. The van der Waals surface area contributed by atoms with Gasteiger partial charge in [0.05, 0.1) is 19.8 Å². The zero-order chi connectivity index (χ0) is 9.52. The number of nitrogens with one attached hydrogen (secondary N) is 1. The largest absolute Gasteiger partial charge is 0.379 e. The lowest BCUT2D eigenvalue weighted by Crippen LogP contribution is -2.40. The van der Waals surface area contributed by atoms with Crippen LogP contribution in [-0.2, 0) is 4.74 Å². The Balaban J connectivity index is 0. The summed E-state index contributed by atoms with van der Waals surface area (Å²) in [5.41, 5.74) is 7.65. The lowest BCUT2D eigenvalue weighted by Gasteiger charge is -2.25. The fourth-order valence-corrected chi connectivity index (χ4v) is 1.18. The van der Waals surface area contributed by atoms with Gasteiger partial charge in [0.25, 0.3) is 0 Å². The van der Waals surface area contributed by atoms with Crippen LogP contribution in [0.25, 0.3) is 0 Å². The van der Waals surface area contributed by atoms with Crippen LogP contribution in [0.15, 0.2) is 4.99 Å². The molecule has 5 N–H and O–H groups in total. The van der Waals surface area contributed by atoms with Crippen molar-refractivity contribution in [3.63, 3.8) is 0 Å². The molecule has 0 aromatic heterocycles. The molecule has 1 fully saturated rings. The number of nitrogens with two attached hydrogens (primary N) is 2. The summed E-state index contributed by atoms with van der Waals surface area (Å²) in [5.74, 6) is 5.34. The van der Waals surface area contributed by atoms with Gasteiger partial charge in [0.1, 0.15) is 0 Å². The van der Waals surface area contributed by atoms with E-state index in [1.165, 1.54) is 0 Å². The first kappa shape index (κ1) is 17.5. The molecule has 15 heavy (non-hydrogen) atoms. The van der Waals surface area contributed by atoms with Crippen molar-refractivity contribution in [3.8, 4) is 0 Å². The fraction of sp³-hybridized carbons (Fsp3) is 0.857. The summed E-state index contributed by atoms with van der Waals surface area (Å²) in [6.45, 7) is 5.17. The minimum atomic E-state index is 0. The predicted octanol–water partition coefficient (Wildman–Crippen LogP) is -0.748. The van der Waals surface area contributed by atoms with Gasteiger partial charge in [0.2, 0.25) is 5.96 Å². The van der Waals surface area contributed by atoms with E-state index in [0.717, 1.165) is 32.8 Å². The number of guanidine groups is 1. The van der Waals surface area contributed by atoms with E-state index in [1.54, 1.807) is 0 Å². The summed E-state index contributed by atoms with van der Waals surface area (Å²) in [6, 6.07) is 0. The average molecular weight is 349 g/mol. The Morgan fingerprint density at radius 1 is 1.33 bits per heavy atom. The third kappa shape index (κ3) is 7.97. The van der Waals surface area contributed by atoms with Crippen LogP contribution in [0, 0.1) is 0 Å². The first-order valence-electron chi connectivity index (χ1n) is 4.39. The Bertz CT molecular complexity index is 175. The Morgan fingerprint density at radius 3 is 2.47 bits per heavy atom. The van der Waals surface area contributed by atoms with Crippen LogP contribution >= 0.6 is 34.0 Å². The molecule has 0 atom stereocenters. The zero-order valence-electron chi connectivity index (χ0n) is 8.52. The number of hydrazine groups is 1. The van der Waals surface area contributed by atoms with Crippen LogP contribution in [0.2, 0.25) is 0 Å². The smallest absolute Gasteiger partial charge is 0.203 e. The second-order valence-corrected chi connectivity index (χ2v) is 2.87. The van der Waals surface area contributed by atoms with Crippen LogP contribution in [0.4, 0.5) is 0 Å². The number of rotatable bonds is 3. The summed E-state index contributed by atoms with van der Waals surface area (Å²) < 4.78 is 5.21. The number of morpholine rings is 1. The van der Waals surface area contributed by atoms with Gasteiger partial charge in [-0.3, -0.25) is 15.3 Å². The van der Waals surface area contributed by atoms with Crippen molar-refractivity contribution < 1.29 is 4.74 Å². The molecule has 1 saturated heterocycles. The SMILES string of the molecule is Br.Br.NNC(N)=NCCN1CCOCC1. The highest BCUT2D eigenvalue weighted by atomic mass is 79.9. The number of ether oxygens (including phenoxy) is 1. The van der Waals surface area contributed by atoms with Crippen LogP contribution in [0.3, 0.4) is 0 Å². The van der Waals surface area contributed by atoms with E-state index in [-0.39, 0.29) is 39.9 Å². The second-order valence-electron chi connectivity index (χ2n) is 2.87. The molecule has 0 aliphatic carbocycles. The molecule has 0 bridgehead atoms. The lowest BCUT2D eigenvalue weighted by molar-refractivity contribution is 0.0394. The molecule has 0 unspecified atom stereocenters. The van der Waals surface area contributed by atoms with Crippen molar-refractivity contribution in [2.45, 2.75) is 0 Å². The standard InChI is InChI=1S/C7H17N5O.2BrH/c8-7(11-9)10-1-2-12-3-5-13-6-4-12;;/h1-6,9H2,(H3,8,10,11);2*1H. The van der Waals surface area contributed by atoms with Crippen molar-refractivity contribution in [1.29, 1.82) is 0 Å². The van der Waals surface area contributed by atoms with E-state index in [4.69, 9.17) is 16.3 Å². The third-order valence-electron chi connectivity index (χ3n) is 1.95. The summed E-state index contributed by atoms with van der Waals surface area (Å²) in [6.07, 6.45) is 0. The molecule has 6 nitrogen and oxygen atoms in total. The summed E-state index contributed by atoms with van der Waals surface area (Å²) in [7, 11) is 0. The molecular weight excluding hydrogens is 330 g/mol. The van der Waals surface area contributed by atoms with E-state index >= 15 is 0 Å². The van der Waals surface area contributed by atoms with Crippen molar-refractivity contribution in [3.05, 3.63) is 0 Å².